The van der Waals surface area contributed by atoms with Gasteiger partial charge in [0.1, 0.15) is 0 Å². The Morgan fingerprint density at radius 1 is 1.27 bits per heavy atom. The molecule has 1 aromatic carbocycles. The maximum atomic E-state index is 12.3. The van der Waals surface area contributed by atoms with E-state index >= 15 is 0 Å². The van der Waals surface area contributed by atoms with Crippen molar-refractivity contribution in [1.82, 2.24) is 20.9 Å². The van der Waals surface area contributed by atoms with Crippen LogP contribution in [-0.4, -0.2) is 72.3 Å². The van der Waals surface area contributed by atoms with Crippen molar-refractivity contribution in [2.24, 2.45) is 4.99 Å². The van der Waals surface area contributed by atoms with Crippen LogP contribution in [0, 0.1) is 0 Å². The number of rotatable bonds is 9. The first kappa shape index (κ1) is 24.3. The Hall–Kier alpha value is -1.93. The summed E-state index contributed by atoms with van der Waals surface area (Å²) >= 11 is 0. The summed E-state index contributed by atoms with van der Waals surface area (Å²) in [6, 6.07) is 7.93. The lowest BCUT2D eigenvalue weighted by Crippen LogP contribution is -2.46. The van der Waals surface area contributed by atoms with Crippen LogP contribution in [0.2, 0.25) is 0 Å². The Labute approximate surface area is 183 Å². The SMILES string of the molecule is CCS(=O)C1CCCC(NC(=NC)NCc2cccc(C(=O)NCCN(C)C)c2)C1. The third-order valence-electron chi connectivity index (χ3n) is 5.34. The summed E-state index contributed by atoms with van der Waals surface area (Å²) in [6.07, 6.45) is 4.13. The second-order valence-electron chi connectivity index (χ2n) is 7.98. The number of amides is 1. The van der Waals surface area contributed by atoms with E-state index < -0.39 is 10.8 Å². The number of benzene rings is 1. The number of hydrogen-bond donors (Lipinski definition) is 3. The molecule has 8 heteroatoms. The molecule has 0 spiro atoms. The molecule has 1 saturated carbocycles. The topological polar surface area (TPSA) is 85.8 Å². The van der Waals surface area contributed by atoms with Gasteiger partial charge in [-0.15, -0.1) is 0 Å². The highest BCUT2D eigenvalue weighted by atomic mass is 32.2. The number of carbonyl (C=O) groups is 1. The quantitative estimate of drug-likeness (QED) is 0.406. The maximum absolute atomic E-state index is 12.3. The highest BCUT2D eigenvalue weighted by Crippen LogP contribution is 2.23. The molecule has 2 rings (SSSR count). The number of nitrogens with one attached hydrogen (secondary N) is 3. The molecular formula is C22H37N5O2S. The normalized spacial score (nSPS) is 20.6. The third kappa shape index (κ3) is 8.07. The smallest absolute Gasteiger partial charge is 0.251 e. The molecule has 3 atom stereocenters. The number of hydrogen-bond acceptors (Lipinski definition) is 4. The van der Waals surface area contributed by atoms with E-state index in [4.69, 9.17) is 0 Å². The molecule has 3 N–H and O–H groups in total. The van der Waals surface area contributed by atoms with Gasteiger partial charge in [0.2, 0.25) is 0 Å². The number of likely N-dealkylation sites (N-methyl/N-ethyl adjacent to an activating group) is 1. The zero-order chi connectivity index (χ0) is 21.9. The van der Waals surface area contributed by atoms with Crippen LogP contribution < -0.4 is 16.0 Å². The Morgan fingerprint density at radius 3 is 2.77 bits per heavy atom. The molecule has 3 unspecified atom stereocenters. The lowest BCUT2D eigenvalue weighted by molar-refractivity contribution is 0.0951. The monoisotopic (exact) mass is 435 g/mol. The average Bonchev–Trinajstić information content (AvgIpc) is 2.76. The summed E-state index contributed by atoms with van der Waals surface area (Å²) in [7, 11) is 4.98. The number of guanidine groups is 1. The fourth-order valence-electron chi connectivity index (χ4n) is 3.64. The Morgan fingerprint density at radius 2 is 2.07 bits per heavy atom. The Bertz CT molecular complexity index is 738. The van der Waals surface area contributed by atoms with Gasteiger partial charge in [-0.1, -0.05) is 25.5 Å². The summed E-state index contributed by atoms with van der Waals surface area (Å²) in [5.74, 6) is 1.41. The largest absolute Gasteiger partial charge is 0.354 e. The van der Waals surface area contributed by atoms with E-state index in [0.717, 1.165) is 49.5 Å². The zero-order valence-electron chi connectivity index (χ0n) is 18.7. The van der Waals surface area contributed by atoms with Crippen molar-refractivity contribution in [3.05, 3.63) is 35.4 Å². The molecule has 1 amide bonds. The van der Waals surface area contributed by atoms with Crippen LogP contribution in [0.1, 0.15) is 48.5 Å². The van der Waals surface area contributed by atoms with Crippen molar-refractivity contribution >= 4 is 22.7 Å². The van der Waals surface area contributed by atoms with Crippen LogP contribution in [0.3, 0.4) is 0 Å². The molecule has 168 valence electrons. The van der Waals surface area contributed by atoms with Gasteiger partial charge in [0.05, 0.1) is 0 Å². The number of carbonyl (C=O) groups excluding carboxylic acids is 1. The van der Waals surface area contributed by atoms with Crippen LogP contribution >= 0.6 is 0 Å². The zero-order valence-corrected chi connectivity index (χ0v) is 19.6. The summed E-state index contributed by atoms with van der Waals surface area (Å²) in [5, 5.41) is 10.0. The van der Waals surface area contributed by atoms with E-state index in [1.807, 2.05) is 50.2 Å². The van der Waals surface area contributed by atoms with Gasteiger partial charge in [-0.2, -0.15) is 0 Å². The minimum Gasteiger partial charge on any atom is -0.354 e. The molecule has 0 aromatic heterocycles. The molecule has 0 radical (unpaired) electrons. The lowest BCUT2D eigenvalue weighted by Gasteiger charge is -2.30. The van der Waals surface area contributed by atoms with Crippen molar-refractivity contribution < 1.29 is 9.00 Å². The molecule has 30 heavy (non-hydrogen) atoms. The summed E-state index contributed by atoms with van der Waals surface area (Å²) < 4.78 is 12.2. The van der Waals surface area contributed by atoms with Crippen molar-refractivity contribution in [2.45, 2.75) is 50.4 Å². The molecule has 1 aliphatic rings. The minimum absolute atomic E-state index is 0.0571. The van der Waals surface area contributed by atoms with E-state index in [1.54, 1.807) is 7.05 Å². The lowest BCUT2D eigenvalue weighted by atomic mass is 9.95. The number of aliphatic imine (C=N–C) groups is 1. The standard InChI is InChI=1S/C22H37N5O2S/c1-5-30(29)20-11-7-10-19(15-20)26-22(23-2)25-16-17-8-6-9-18(14-17)21(28)24-12-13-27(3)4/h6,8-9,14,19-20H,5,7,10-13,15-16H2,1-4H3,(H,24,28)(H2,23,25,26). The van der Waals surface area contributed by atoms with Crippen LogP contribution in [-0.2, 0) is 17.3 Å². The predicted octanol–water partition coefficient (Wildman–Crippen LogP) is 1.72. The van der Waals surface area contributed by atoms with Gasteiger partial charge in [0, 0.05) is 60.1 Å². The van der Waals surface area contributed by atoms with Crippen molar-refractivity contribution in [2.75, 3.05) is 40.0 Å². The number of nitrogens with zero attached hydrogens (tertiary/aromatic N) is 2. The molecular weight excluding hydrogens is 398 g/mol. The van der Waals surface area contributed by atoms with Crippen molar-refractivity contribution in [3.63, 3.8) is 0 Å². The first-order valence-corrected chi connectivity index (χ1v) is 12.2. The maximum Gasteiger partial charge on any atom is 0.251 e. The molecule has 0 bridgehead atoms. The van der Waals surface area contributed by atoms with Crippen LogP contribution in [0.4, 0.5) is 0 Å². The van der Waals surface area contributed by atoms with Crippen LogP contribution in [0.5, 0.6) is 0 Å². The first-order valence-electron chi connectivity index (χ1n) is 10.8. The van der Waals surface area contributed by atoms with Gasteiger partial charge in [0.15, 0.2) is 5.96 Å². The van der Waals surface area contributed by atoms with E-state index in [2.05, 4.69) is 20.9 Å². The van der Waals surface area contributed by atoms with Crippen LogP contribution in [0.15, 0.2) is 29.3 Å². The fourth-order valence-corrected chi connectivity index (χ4v) is 4.99. The molecule has 1 aliphatic carbocycles. The predicted molar refractivity (Wildman–Crippen MR) is 125 cm³/mol. The molecule has 0 aliphatic heterocycles. The van der Waals surface area contributed by atoms with Gasteiger partial charge in [-0.25, -0.2) is 0 Å². The van der Waals surface area contributed by atoms with E-state index in [9.17, 15) is 9.00 Å². The van der Waals surface area contributed by atoms with E-state index in [-0.39, 0.29) is 11.2 Å². The molecule has 0 heterocycles. The average molecular weight is 436 g/mol. The van der Waals surface area contributed by atoms with Crippen molar-refractivity contribution in [1.29, 1.82) is 0 Å². The Kier molecular flexibility index (Phi) is 10.3. The summed E-state index contributed by atoms with van der Waals surface area (Å²) in [4.78, 5) is 18.7. The van der Waals surface area contributed by atoms with Gasteiger partial charge in [0.25, 0.3) is 5.91 Å². The minimum atomic E-state index is -0.738. The summed E-state index contributed by atoms with van der Waals surface area (Å²) in [6.45, 7) is 4.00. The highest BCUT2D eigenvalue weighted by Gasteiger charge is 2.26. The summed E-state index contributed by atoms with van der Waals surface area (Å²) in [5.41, 5.74) is 1.68. The first-order chi connectivity index (χ1) is 14.4. The van der Waals surface area contributed by atoms with Crippen LogP contribution in [0.25, 0.3) is 0 Å². The Balaban J connectivity index is 1.86. The van der Waals surface area contributed by atoms with Gasteiger partial charge >= 0.3 is 0 Å². The van der Waals surface area contributed by atoms with E-state index in [1.165, 1.54) is 0 Å². The van der Waals surface area contributed by atoms with E-state index in [0.29, 0.717) is 24.7 Å². The van der Waals surface area contributed by atoms with Crippen molar-refractivity contribution in [3.8, 4) is 0 Å². The second kappa shape index (κ2) is 12.7. The van der Waals surface area contributed by atoms with Gasteiger partial charge < -0.3 is 20.9 Å². The molecule has 7 nitrogen and oxygen atoms in total. The van der Waals surface area contributed by atoms with Gasteiger partial charge in [-0.3, -0.25) is 14.0 Å². The fraction of sp³-hybridized carbons (Fsp3) is 0.636. The molecule has 1 aromatic rings. The molecule has 1 fully saturated rings. The highest BCUT2D eigenvalue weighted by molar-refractivity contribution is 7.85. The third-order valence-corrected chi connectivity index (χ3v) is 7.08. The van der Waals surface area contributed by atoms with Gasteiger partial charge in [-0.05, 0) is 51.1 Å². The second-order valence-corrected chi connectivity index (χ2v) is 9.99. The molecule has 0 saturated heterocycles.